The number of carbonyl (C=O) groups excluding carboxylic acids is 1. The van der Waals surface area contributed by atoms with E-state index in [1.54, 1.807) is 0 Å². The lowest BCUT2D eigenvalue weighted by Crippen LogP contribution is -2.16. The van der Waals surface area contributed by atoms with Crippen LogP contribution in [0.1, 0.15) is 6.92 Å². The van der Waals surface area contributed by atoms with Gasteiger partial charge < -0.3 is 10.4 Å². The monoisotopic (exact) mass is 143 g/mol. The molecule has 2 N–H and O–H groups in total. The fourth-order valence-electron chi connectivity index (χ4n) is 0.331. The Hall–Kier alpha value is -1.32. The fourth-order valence-corrected chi connectivity index (χ4v) is 0.331. The molecule has 0 saturated heterocycles. The van der Waals surface area contributed by atoms with Crippen LogP contribution in [0.5, 0.6) is 0 Å². The number of carbonyl (C=O) groups is 2. The molecule has 0 spiro atoms. The molecule has 0 aromatic rings. The van der Waals surface area contributed by atoms with Crippen LogP contribution in [0, 0.1) is 0 Å². The van der Waals surface area contributed by atoms with Crippen LogP contribution in [0.3, 0.4) is 0 Å². The average molecular weight is 143 g/mol. The molecule has 1 amide bonds. The maximum Gasteiger partial charge on any atom is 0.331 e. The zero-order valence-corrected chi connectivity index (χ0v) is 5.84. The van der Waals surface area contributed by atoms with Crippen LogP contribution in [0.2, 0.25) is 0 Å². The number of carboxylic acid groups (broad SMARTS) is 1. The van der Waals surface area contributed by atoms with Crippen molar-refractivity contribution >= 4 is 11.9 Å². The third-order valence-electron chi connectivity index (χ3n) is 0.931. The normalized spacial score (nSPS) is 10.8. The standard InChI is InChI=1S/C6H9NO3/c1-4(6(9)10)3-5(8)7-2/h3H,1-2H3,(H,7,8)(H,9,10)/b4-3+. The lowest BCUT2D eigenvalue weighted by Gasteiger charge is -1.91. The fraction of sp³-hybridized carbons (Fsp3) is 0.333. The van der Waals surface area contributed by atoms with Crippen molar-refractivity contribution in [2.24, 2.45) is 0 Å². The van der Waals surface area contributed by atoms with E-state index in [1.807, 2.05) is 0 Å². The van der Waals surface area contributed by atoms with E-state index in [1.165, 1.54) is 14.0 Å². The molecule has 0 fully saturated rings. The molecular formula is C6H9NO3. The second-order valence-electron chi connectivity index (χ2n) is 1.75. The molecule has 0 aromatic carbocycles. The topological polar surface area (TPSA) is 66.4 Å². The first kappa shape index (κ1) is 8.68. The van der Waals surface area contributed by atoms with E-state index in [-0.39, 0.29) is 5.57 Å². The number of likely N-dealkylation sites (N-methyl/N-ethyl adjacent to an activating group) is 1. The van der Waals surface area contributed by atoms with Crippen LogP contribution < -0.4 is 5.32 Å². The molecule has 0 rings (SSSR count). The summed E-state index contributed by atoms with van der Waals surface area (Å²) in [7, 11) is 1.44. The quantitative estimate of drug-likeness (QED) is 0.524. The van der Waals surface area contributed by atoms with E-state index in [9.17, 15) is 9.59 Å². The Balaban J connectivity index is 4.16. The predicted octanol–water partition coefficient (Wildman–Crippen LogP) is -0.237. The van der Waals surface area contributed by atoms with Crippen molar-refractivity contribution in [1.29, 1.82) is 0 Å². The molecule has 0 aliphatic heterocycles. The Morgan fingerprint density at radius 3 is 2.30 bits per heavy atom. The SMILES string of the molecule is CNC(=O)/C=C(\C)C(=O)O. The van der Waals surface area contributed by atoms with Crippen molar-refractivity contribution in [3.63, 3.8) is 0 Å². The van der Waals surface area contributed by atoms with E-state index < -0.39 is 11.9 Å². The van der Waals surface area contributed by atoms with E-state index in [0.29, 0.717) is 0 Å². The molecule has 56 valence electrons. The van der Waals surface area contributed by atoms with Gasteiger partial charge in [-0.2, -0.15) is 0 Å². The van der Waals surface area contributed by atoms with Gasteiger partial charge >= 0.3 is 5.97 Å². The Morgan fingerprint density at radius 1 is 1.50 bits per heavy atom. The second-order valence-corrected chi connectivity index (χ2v) is 1.75. The van der Waals surface area contributed by atoms with Crippen molar-refractivity contribution in [2.75, 3.05) is 7.05 Å². The van der Waals surface area contributed by atoms with Crippen LogP contribution in [0.25, 0.3) is 0 Å². The van der Waals surface area contributed by atoms with Crippen LogP contribution in [-0.2, 0) is 9.59 Å². The van der Waals surface area contributed by atoms with Gasteiger partial charge in [-0.15, -0.1) is 0 Å². The first-order valence-corrected chi connectivity index (χ1v) is 2.71. The Morgan fingerprint density at radius 2 is 2.00 bits per heavy atom. The molecule has 0 saturated carbocycles. The van der Waals surface area contributed by atoms with Crippen LogP contribution in [-0.4, -0.2) is 24.0 Å². The van der Waals surface area contributed by atoms with Gasteiger partial charge in [-0.3, -0.25) is 4.79 Å². The van der Waals surface area contributed by atoms with E-state index in [4.69, 9.17) is 5.11 Å². The number of hydrogen-bond donors (Lipinski definition) is 2. The van der Waals surface area contributed by atoms with Crippen molar-refractivity contribution in [3.05, 3.63) is 11.6 Å². The number of aliphatic carboxylic acids is 1. The summed E-state index contributed by atoms with van der Waals surface area (Å²) in [5.41, 5.74) is 0.0272. The molecule has 10 heavy (non-hydrogen) atoms. The van der Waals surface area contributed by atoms with Gasteiger partial charge in [0.25, 0.3) is 0 Å². The highest BCUT2D eigenvalue weighted by atomic mass is 16.4. The number of rotatable bonds is 2. The minimum absolute atomic E-state index is 0.0272. The van der Waals surface area contributed by atoms with Gasteiger partial charge in [-0.1, -0.05) is 0 Å². The Bertz CT molecular complexity index is 183. The number of amides is 1. The number of hydrogen-bond acceptors (Lipinski definition) is 2. The summed E-state index contributed by atoms with van der Waals surface area (Å²) in [6, 6.07) is 0. The number of carboxylic acids is 1. The van der Waals surface area contributed by atoms with Crippen LogP contribution in [0.4, 0.5) is 0 Å². The Kier molecular flexibility index (Phi) is 3.17. The summed E-state index contributed by atoms with van der Waals surface area (Å²) in [4.78, 5) is 20.6. The number of nitrogens with one attached hydrogen (secondary N) is 1. The predicted molar refractivity (Wildman–Crippen MR) is 35.5 cm³/mol. The highest BCUT2D eigenvalue weighted by Gasteiger charge is 2.00. The highest BCUT2D eigenvalue weighted by molar-refractivity contribution is 5.97. The minimum atomic E-state index is -1.08. The molecule has 0 atom stereocenters. The smallest absolute Gasteiger partial charge is 0.331 e. The molecule has 0 heterocycles. The molecule has 0 unspecified atom stereocenters. The maximum absolute atomic E-state index is 10.5. The molecule has 0 bridgehead atoms. The van der Waals surface area contributed by atoms with Gasteiger partial charge in [0.05, 0.1) is 0 Å². The van der Waals surface area contributed by atoms with Crippen molar-refractivity contribution < 1.29 is 14.7 Å². The zero-order valence-electron chi connectivity index (χ0n) is 5.84. The molecule has 4 heteroatoms. The molecular weight excluding hydrogens is 134 g/mol. The zero-order chi connectivity index (χ0) is 8.15. The van der Waals surface area contributed by atoms with E-state index in [2.05, 4.69) is 5.32 Å². The van der Waals surface area contributed by atoms with Crippen molar-refractivity contribution in [3.8, 4) is 0 Å². The summed E-state index contributed by atoms with van der Waals surface area (Å²) >= 11 is 0. The van der Waals surface area contributed by atoms with Gasteiger partial charge in [0.1, 0.15) is 0 Å². The molecule has 0 aliphatic rings. The molecule has 0 radical (unpaired) electrons. The average Bonchev–Trinajstić information content (AvgIpc) is 1.87. The van der Waals surface area contributed by atoms with Crippen LogP contribution in [0.15, 0.2) is 11.6 Å². The summed E-state index contributed by atoms with van der Waals surface area (Å²) in [5, 5.41) is 10.6. The lowest BCUT2D eigenvalue weighted by molar-refractivity contribution is -0.133. The largest absolute Gasteiger partial charge is 0.478 e. The first-order chi connectivity index (χ1) is 4.57. The Labute approximate surface area is 58.5 Å². The lowest BCUT2D eigenvalue weighted by atomic mass is 10.3. The second kappa shape index (κ2) is 3.66. The summed E-state index contributed by atoms with van der Waals surface area (Å²) < 4.78 is 0. The van der Waals surface area contributed by atoms with E-state index in [0.717, 1.165) is 6.08 Å². The van der Waals surface area contributed by atoms with E-state index >= 15 is 0 Å². The van der Waals surface area contributed by atoms with Gasteiger partial charge in [0, 0.05) is 18.7 Å². The van der Waals surface area contributed by atoms with Crippen molar-refractivity contribution in [1.82, 2.24) is 5.32 Å². The molecule has 0 aliphatic carbocycles. The highest BCUT2D eigenvalue weighted by Crippen LogP contribution is 1.89. The minimum Gasteiger partial charge on any atom is -0.478 e. The van der Waals surface area contributed by atoms with Gasteiger partial charge in [-0.25, -0.2) is 4.79 Å². The first-order valence-electron chi connectivity index (χ1n) is 2.71. The molecule has 4 nitrogen and oxygen atoms in total. The third-order valence-corrected chi connectivity index (χ3v) is 0.931. The van der Waals surface area contributed by atoms with Gasteiger partial charge in [0.2, 0.25) is 5.91 Å². The molecule has 0 aromatic heterocycles. The van der Waals surface area contributed by atoms with Crippen molar-refractivity contribution in [2.45, 2.75) is 6.92 Å². The third kappa shape index (κ3) is 2.86. The van der Waals surface area contributed by atoms with Crippen LogP contribution >= 0.6 is 0 Å². The summed E-state index contributed by atoms with van der Waals surface area (Å²) in [6.07, 6.45) is 1.03. The van der Waals surface area contributed by atoms with Gasteiger partial charge in [-0.05, 0) is 6.92 Å². The van der Waals surface area contributed by atoms with Gasteiger partial charge in [0.15, 0.2) is 0 Å². The summed E-state index contributed by atoms with van der Waals surface area (Å²) in [5.74, 6) is -1.48. The summed E-state index contributed by atoms with van der Waals surface area (Å²) in [6.45, 7) is 1.36. The maximum atomic E-state index is 10.5.